The Hall–Kier alpha value is -5.81. The van der Waals surface area contributed by atoms with Gasteiger partial charge in [-0.05, 0) is 42.0 Å². The van der Waals surface area contributed by atoms with Crippen molar-refractivity contribution in [2.24, 2.45) is 0 Å². The van der Waals surface area contributed by atoms with Gasteiger partial charge in [-0.3, -0.25) is 9.36 Å². The van der Waals surface area contributed by atoms with E-state index in [-0.39, 0.29) is 11.5 Å². The van der Waals surface area contributed by atoms with Crippen molar-refractivity contribution in [1.29, 1.82) is 0 Å². The normalized spacial score (nSPS) is 15.3. The van der Waals surface area contributed by atoms with E-state index in [1.54, 1.807) is 9.14 Å². The van der Waals surface area contributed by atoms with Crippen LogP contribution in [0, 0.1) is 0 Å². The van der Waals surface area contributed by atoms with Gasteiger partial charge in [-0.1, -0.05) is 91.0 Å². The zero-order valence-electron chi connectivity index (χ0n) is 24.5. The van der Waals surface area contributed by atoms with Gasteiger partial charge in [-0.2, -0.15) is 0 Å². The van der Waals surface area contributed by atoms with E-state index in [0.717, 1.165) is 45.2 Å². The maximum atomic E-state index is 14.8. The molecule has 0 atom stereocenters. The van der Waals surface area contributed by atoms with Crippen LogP contribution in [0.5, 0.6) is 0 Å². The zero-order valence-corrected chi connectivity index (χ0v) is 24.5. The first-order valence-electron chi connectivity index (χ1n) is 14.6. The number of rotatable bonds is 5. The van der Waals surface area contributed by atoms with Crippen LogP contribution in [0.15, 0.2) is 162 Å². The summed E-state index contributed by atoms with van der Waals surface area (Å²) in [6.45, 7) is 0. The number of carbonyl (C=O) groups is 1. The highest BCUT2D eigenvalue weighted by molar-refractivity contribution is 6.26. The molecular weight excluding hydrogens is 542 g/mol. The van der Waals surface area contributed by atoms with Crippen molar-refractivity contribution in [3.05, 3.63) is 178 Å². The summed E-state index contributed by atoms with van der Waals surface area (Å²) in [7, 11) is 3.98. The van der Waals surface area contributed by atoms with Crippen LogP contribution in [-0.4, -0.2) is 34.9 Å². The average Bonchev–Trinajstić information content (AvgIpc) is 3.24. The van der Waals surface area contributed by atoms with Crippen LogP contribution in [0.2, 0.25) is 0 Å². The summed E-state index contributed by atoms with van der Waals surface area (Å²) in [5.41, 5.74) is 7.86. The molecule has 0 aromatic heterocycles. The lowest BCUT2D eigenvalue weighted by molar-refractivity contribution is -0.356. The van der Waals surface area contributed by atoms with Crippen molar-refractivity contribution in [2.75, 3.05) is 19.0 Å². The van der Waals surface area contributed by atoms with Crippen LogP contribution in [0.3, 0.4) is 0 Å². The standard InChI is InChI=1S/C39H30N3O2/c1-40(2)28-25-23-27(24-26-28)35(36-31-19-11-5-13-21-33(31)41(38(36)43)29-15-7-3-8-16-29)37-32-20-12-6-14-22-34(32)42(39(37)44)30-17-9-4-10-18-30/h3-26H,1-2H3/q+1. The van der Waals surface area contributed by atoms with Gasteiger partial charge < -0.3 is 4.90 Å². The largest absolute Gasteiger partial charge is 0.427 e. The number of para-hydroxylation sites is 2. The maximum absolute atomic E-state index is 14.8. The Balaban J connectivity index is 1.61. The van der Waals surface area contributed by atoms with Gasteiger partial charge >= 0.3 is 5.91 Å². The molecule has 1 amide bonds. The quantitative estimate of drug-likeness (QED) is 0.165. The van der Waals surface area contributed by atoms with E-state index in [1.807, 2.05) is 165 Å². The summed E-state index contributed by atoms with van der Waals surface area (Å²) in [6.07, 6.45) is 9.77. The molecule has 4 aliphatic rings. The summed E-state index contributed by atoms with van der Waals surface area (Å²) >= 11 is 0. The fourth-order valence-electron chi connectivity index (χ4n) is 6.05. The second-order valence-electron chi connectivity index (χ2n) is 10.9. The third-order valence-corrected chi connectivity index (χ3v) is 8.09. The zero-order chi connectivity index (χ0) is 30.2. The number of fused-ring (bicyclic) bond motifs is 2. The van der Waals surface area contributed by atoms with Crippen LogP contribution >= 0.6 is 0 Å². The summed E-state index contributed by atoms with van der Waals surface area (Å²) in [6, 6.07) is 37.2. The van der Waals surface area contributed by atoms with E-state index in [2.05, 4.69) is 0 Å². The molecule has 2 aliphatic carbocycles. The Morgan fingerprint density at radius 1 is 0.705 bits per heavy atom. The summed E-state index contributed by atoms with van der Waals surface area (Å²) < 4.78 is 3.50. The number of allylic oxidation sites excluding steroid dienone is 5. The highest BCUT2D eigenvalue weighted by Gasteiger charge is 2.45. The number of aromatic nitrogens is 1. The number of benzene rings is 3. The lowest BCUT2D eigenvalue weighted by Crippen LogP contribution is -2.19. The Morgan fingerprint density at radius 3 is 2.07 bits per heavy atom. The molecular formula is C39H30N3O2+. The van der Waals surface area contributed by atoms with Crippen LogP contribution in [0.1, 0.15) is 11.1 Å². The number of carbonyl (C=O) groups excluding carboxylic acids is 1. The lowest BCUT2D eigenvalue weighted by Gasteiger charge is -2.15. The second-order valence-corrected chi connectivity index (χ2v) is 10.9. The van der Waals surface area contributed by atoms with Crippen molar-refractivity contribution in [2.45, 2.75) is 0 Å². The predicted octanol–water partition coefficient (Wildman–Crippen LogP) is 7.19. The second kappa shape index (κ2) is 11.1. The summed E-state index contributed by atoms with van der Waals surface area (Å²) in [5.74, 6) is -0.176. The average molecular weight is 573 g/mol. The topological polar surface area (TPSA) is 45.3 Å². The molecule has 0 N–H and O–H groups in total. The molecule has 5 nitrogen and oxygen atoms in total. The number of amides is 1. The van der Waals surface area contributed by atoms with Gasteiger partial charge in [-0.25, -0.2) is 4.79 Å². The monoisotopic (exact) mass is 572 g/mol. The van der Waals surface area contributed by atoms with Gasteiger partial charge in [0.25, 0.3) is 5.56 Å². The van der Waals surface area contributed by atoms with Gasteiger partial charge in [0.15, 0.2) is 0 Å². The van der Waals surface area contributed by atoms with Crippen LogP contribution < -0.4 is 10.5 Å². The van der Waals surface area contributed by atoms with E-state index in [9.17, 15) is 9.59 Å². The first-order valence-corrected chi connectivity index (χ1v) is 14.6. The van der Waals surface area contributed by atoms with E-state index in [1.165, 1.54) is 0 Å². The van der Waals surface area contributed by atoms with Gasteiger partial charge in [-0.15, -0.1) is 4.58 Å². The van der Waals surface area contributed by atoms with Gasteiger partial charge in [0, 0.05) is 54.8 Å². The molecule has 5 heteroatoms. The van der Waals surface area contributed by atoms with Crippen LogP contribution in [-0.2, 0) is 4.79 Å². The molecule has 44 heavy (non-hydrogen) atoms. The van der Waals surface area contributed by atoms with Crippen molar-refractivity contribution in [1.82, 2.24) is 4.57 Å². The molecule has 3 aromatic rings. The number of anilines is 1. The van der Waals surface area contributed by atoms with Crippen molar-refractivity contribution in [3.63, 3.8) is 0 Å². The minimum absolute atomic E-state index is 0.176. The Kier molecular flexibility index (Phi) is 6.83. The van der Waals surface area contributed by atoms with Crippen molar-refractivity contribution < 1.29 is 9.37 Å². The lowest BCUT2D eigenvalue weighted by atomic mass is 9.87. The Bertz CT molecular complexity index is 2090. The molecule has 0 spiro atoms. The van der Waals surface area contributed by atoms with Crippen molar-refractivity contribution >= 4 is 28.6 Å². The third-order valence-electron chi connectivity index (χ3n) is 8.09. The summed E-state index contributed by atoms with van der Waals surface area (Å²) in [4.78, 5) is 31.6. The molecule has 2 heterocycles. The SMILES string of the molecule is CN(C)c1ccc(/C(=C2\C(=O)[N+](c3ccccc3)=C3C=CC=CC=C32)c2c3cccccc-3n(-c3ccccc3)c2=O)cc1. The van der Waals surface area contributed by atoms with Gasteiger partial charge in [0.1, 0.15) is 5.57 Å². The van der Waals surface area contributed by atoms with Gasteiger partial charge in [0.05, 0.1) is 16.8 Å². The van der Waals surface area contributed by atoms with Crippen LogP contribution in [0.25, 0.3) is 22.5 Å². The van der Waals surface area contributed by atoms with Gasteiger partial charge in [0.2, 0.25) is 11.4 Å². The molecule has 0 unspecified atom stereocenters. The third kappa shape index (κ3) is 4.46. The number of hydrogen-bond donors (Lipinski definition) is 0. The Morgan fingerprint density at radius 2 is 1.36 bits per heavy atom. The molecule has 212 valence electrons. The molecule has 0 fully saturated rings. The van der Waals surface area contributed by atoms with E-state index < -0.39 is 0 Å². The highest BCUT2D eigenvalue weighted by Crippen LogP contribution is 2.41. The Labute approximate surface area is 256 Å². The number of nitrogens with zero attached hydrogens (tertiary/aromatic N) is 3. The minimum Gasteiger partial charge on any atom is -0.378 e. The molecule has 0 saturated carbocycles. The summed E-state index contributed by atoms with van der Waals surface area (Å²) in [5, 5.41) is 0. The minimum atomic E-state index is -0.176. The fraction of sp³-hybridized carbons (Fsp3) is 0.0513. The maximum Gasteiger partial charge on any atom is 0.427 e. The molecule has 0 bridgehead atoms. The van der Waals surface area contributed by atoms with E-state index >= 15 is 0 Å². The van der Waals surface area contributed by atoms with E-state index in [0.29, 0.717) is 16.7 Å². The first-order chi connectivity index (χ1) is 21.5. The smallest absolute Gasteiger partial charge is 0.378 e. The fourth-order valence-corrected chi connectivity index (χ4v) is 6.05. The molecule has 2 aliphatic heterocycles. The molecule has 3 aromatic carbocycles. The number of hydrogen-bond acceptors (Lipinski definition) is 3. The first kappa shape index (κ1) is 27.0. The molecule has 7 rings (SSSR count). The molecule has 0 saturated heterocycles. The van der Waals surface area contributed by atoms with E-state index in [4.69, 9.17) is 0 Å². The van der Waals surface area contributed by atoms with Crippen LogP contribution in [0.4, 0.5) is 11.4 Å². The molecule has 0 radical (unpaired) electrons. The van der Waals surface area contributed by atoms with Crippen molar-refractivity contribution in [3.8, 4) is 16.9 Å². The predicted molar refractivity (Wildman–Crippen MR) is 178 cm³/mol. The highest BCUT2D eigenvalue weighted by atomic mass is 16.2.